The van der Waals surface area contributed by atoms with E-state index in [1.54, 1.807) is 12.5 Å². The fraction of sp³-hybridized carbons (Fsp3) is 0.400. The fourth-order valence-corrected chi connectivity index (χ4v) is 3.88. The van der Waals surface area contributed by atoms with Gasteiger partial charge in [-0.25, -0.2) is 4.98 Å². The maximum atomic E-state index is 10.2. The molecule has 0 radical (unpaired) electrons. The van der Waals surface area contributed by atoms with E-state index in [4.69, 9.17) is 21.1 Å². The number of rotatable bonds is 11. The number of aliphatic hydroxyl groups is 1. The molecule has 0 fully saturated rings. The monoisotopic (exact) mass is 520 g/mol. The van der Waals surface area contributed by atoms with Crippen LogP contribution in [0.1, 0.15) is 31.9 Å². The Hall–Kier alpha value is -2.02. The van der Waals surface area contributed by atoms with Crippen molar-refractivity contribution in [1.29, 1.82) is 0 Å². The molecule has 0 saturated carbocycles. The van der Waals surface area contributed by atoms with Crippen molar-refractivity contribution < 1.29 is 14.6 Å². The smallest absolute Gasteiger partial charge is 0.133 e. The molecule has 172 valence electrons. The zero-order valence-electron chi connectivity index (χ0n) is 18.7. The summed E-state index contributed by atoms with van der Waals surface area (Å²) in [5, 5.41) is 10.2. The Kier molecular flexibility index (Phi) is 8.63. The van der Waals surface area contributed by atoms with Crippen LogP contribution in [0.15, 0.2) is 65.7 Å². The number of hydrogen-bond donors (Lipinski definition) is 1. The Labute approximate surface area is 203 Å². The first-order chi connectivity index (χ1) is 15.3. The van der Waals surface area contributed by atoms with Crippen LogP contribution in [0.3, 0.4) is 0 Å². The van der Waals surface area contributed by atoms with Gasteiger partial charge in [0.2, 0.25) is 0 Å². The molecule has 0 amide bonds. The van der Waals surface area contributed by atoms with E-state index in [0.717, 1.165) is 16.0 Å². The van der Waals surface area contributed by atoms with E-state index in [0.29, 0.717) is 24.9 Å². The normalized spacial score (nSPS) is 13.6. The number of aliphatic hydroxyl groups excluding tert-OH is 1. The zero-order chi connectivity index (χ0) is 23.1. The van der Waals surface area contributed by atoms with Gasteiger partial charge in [0.15, 0.2) is 0 Å². The number of nitrogens with zero attached hydrogens (tertiary/aromatic N) is 2. The van der Waals surface area contributed by atoms with Crippen LogP contribution in [0.4, 0.5) is 0 Å². The molecule has 1 heterocycles. The first kappa shape index (κ1) is 24.6. The molecule has 1 N–H and O–H groups in total. The number of benzene rings is 2. The second-order valence-corrected chi connectivity index (χ2v) is 9.75. The summed E-state index contributed by atoms with van der Waals surface area (Å²) in [5.41, 5.74) is 2.14. The molecule has 3 aromatic rings. The van der Waals surface area contributed by atoms with Gasteiger partial charge in [0.1, 0.15) is 24.2 Å². The minimum absolute atomic E-state index is 0.204. The lowest BCUT2D eigenvalue weighted by atomic mass is 9.78. The third kappa shape index (κ3) is 6.50. The van der Waals surface area contributed by atoms with Crippen LogP contribution in [0.5, 0.6) is 11.5 Å². The fourth-order valence-electron chi connectivity index (χ4n) is 3.30. The van der Waals surface area contributed by atoms with Gasteiger partial charge in [-0.15, -0.1) is 11.6 Å². The van der Waals surface area contributed by atoms with Crippen molar-refractivity contribution in [3.8, 4) is 11.5 Å². The Morgan fingerprint density at radius 1 is 1.09 bits per heavy atom. The van der Waals surface area contributed by atoms with Crippen LogP contribution in [-0.4, -0.2) is 39.9 Å². The van der Waals surface area contributed by atoms with E-state index < -0.39 is 6.10 Å². The lowest BCUT2D eigenvalue weighted by Crippen LogP contribution is -2.23. The summed E-state index contributed by atoms with van der Waals surface area (Å²) in [6, 6.07) is 14.2. The number of hydrogen-bond acceptors (Lipinski definition) is 4. The standard InChI is InChI=1S/C25H30BrClN2O3/c1-18(13-27)15-32-24-9-6-20(12-23(24)26)25(2,3)19-4-7-22(8-5-19)31-16-21(30)14-29-11-10-28-17-29/h4-12,17-18,21,30H,13-16H2,1-3H3/t18-,21-/m1/s1. The number of aromatic nitrogens is 2. The van der Waals surface area contributed by atoms with Crippen LogP contribution in [0.25, 0.3) is 0 Å². The summed E-state index contributed by atoms with van der Waals surface area (Å²) < 4.78 is 14.4. The van der Waals surface area contributed by atoms with Crippen molar-refractivity contribution in [2.75, 3.05) is 19.1 Å². The summed E-state index contributed by atoms with van der Waals surface area (Å²) in [6.07, 6.45) is 4.58. The Morgan fingerprint density at radius 2 is 1.81 bits per heavy atom. The number of halogens is 2. The Morgan fingerprint density at radius 3 is 2.44 bits per heavy atom. The molecule has 3 rings (SSSR count). The average molecular weight is 522 g/mol. The molecular weight excluding hydrogens is 492 g/mol. The largest absolute Gasteiger partial charge is 0.492 e. The van der Waals surface area contributed by atoms with Crippen LogP contribution in [0.2, 0.25) is 0 Å². The van der Waals surface area contributed by atoms with Crippen LogP contribution >= 0.6 is 27.5 Å². The van der Waals surface area contributed by atoms with E-state index in [1.165, 1.54) is 11.1 Å². The molecule has 32 heavy (non-hydrogen) atoms. The number of imidazole rings is 1. The summed E-state index contributed by atoms with van der Waals surface area (Å²) in [7, 11) is 0. The lowest BCUT2D eigenvalue weighted by molar-refractivity contribution is 0.0924. The highest BCUT2D eigenvalue weighted by atomic mass is 79.9. The van der Waals surface area contributed by atoms with Crippen molar-refractivity contribution in [1.82, 2.24) is 9.55 Å². The minimum Gasteiger partial charge on any atom is -0.492 e. The highest BCUT2D eigenvalue weighted by Crippen LogP contribution is 2.36. The molecule has 0 saturated heterocycles. The van der Waals surface area contributed by atoms with Crippen LogP contribution in [-0.2, 0) is 12.0 Å². The second-order valence-electron chi connectivity index (χ2n) is 8.59. The topological polar surface area (TPSA) is 56.5 Å². The zero-order valence-corrected chi connectivity index (χ0v) is 21.0. The first-order valence-electron chi connectivity index (χ1n) is 10.7. The van der Waals surface area contributed by atoms with Gasteiger partial charge in [-0.1, -0.05) is 39.0 Å². The van der Waals surface area contributed by atoms with Crippen LogP contribution < -0.4 is 9.47 Å². The molecule has 1 aromatic heterocycles. The molecular formula is C25H30BrClN2O3. The molecule has 0 unspecified atom stereocenters. The summed E-state index contributed by atoms with van der Waals surface area (Å²) in [6.45, 7) is 7.70. The molecule has 7 heteroatoms. The van der Waals surface area contributed by atoms with E-state index in [9.17, 15) is 5.11 Å². The van der Waals surface area contributed by atoms with Gasteiger partial charge in [-0.2, -0.15) is 0 Å². The van der Waals surface area contributed by atoms with E-state index >= 15 is 0 Å². The van der Waals surface area contributed by atoms with Gasteiger partial charge in [-0.3, -0.25) is 0 Å². The molecule has 0 aliphatic rings. The molecule has 0 spiro atoms. The lowest BCUT2D eigenvalue weighted by Gasteiger charge is -2.27. The van der Waals surface area contributed by atoms with Crippen molar-refractivity contribution in [3.63, 3.8) is 0 Å². The first-order valence-corrected chi connectivity index (χ1v) is 12.0. The van der Waals surface area contributed by atoms with Gasteiger partial charge in [0.25, 0.3) is 0 Å². The highest BCUT2D eigenvalue weighted by molar-refractivity contribution is 9.10. The van der Waals surface area contributed by atoms with Gasteiger partial charge in [0, 0.05) is 29.6 Å². The average Bonchev–Trinajstić information content (AvgIpc) is 3.29. The molecule has 5 nitrogen and oxygen atoms in total. The molecule has 0 bridgehead atoms. The van der Waals surface area contributed by atoms with Gasteiger partial charge in [-0.05, 0) is 51.3 Å². The minimum atomic E-state index is -0.606. The maximum absolute atomic E-state index is 10.2. The molecule has 2 atom stereocenters. The van der Waals surface area contributed by atoms with Gasteiger partial charge >= 0.3 is 0 Å². The SMILES string of the molecule is C[C@H](CCl)COc1ccc(C(C)(C)c2ccc(OC[C@H](O)Cn3ccnc3)cc2)cc1Br. The second kappa shape index (κ2) is 11.2. The quantitative estimate of drug-likeness (QED) is 0.331. The third-order valence-electron chi connectivity index (χ3n) is 5.44. The summed E-state index contributed by atoms with van der Waals surface area (Å²) >= 11 is 9.51. The maximum Gasteiger partial charge on any atom is 0.133 e. The predicted molar refractivity (Wildman–Crippen MR) is 132 cm³/mol. The summed E-state index contributed by atoms with van der Waals surface area (Å²) in [4.78, 5) is 3.98. The predicted octanol–water partition coefficient (Wildman–Crippen LogP) is 5.67. The van der Waals surface area contributed by atoms with Gasteiger partial charge < -0.3 is 19.1 Å². The highest BCUT2D eigenvalue weighted by Gasteiger charge is 2.24. The molecule has 2 aromatic carbocycles. The molecule has 0 aliphatic heterocycles. The van der Waals surface area contributed by atoms with E-state index in [-0.39, 0.29) is 12.0 Å². The van der Waals surface area contributed by atoms with Crippen LogP contribution in [0, 0.1) is 5.92 Å². The van der Waals surface area contributed by atoms with Crippen molar-refractivity contribution in [2.24, 2.45) is 5.92 Å². The van der Waals surface area contributed by atoms with Crippen molar-refractivity contribution in [3.05, 3.63) is 76.8 Å². The third-order valence-corrected chi connectivity index (χ3v) is 6.59. The number of ether oxygens (including phenoxy) is 2. The molecule has 0 aliphatic carbocycles. The van der Waals surface area contributed by atoms with Gasteiger partial charge in [0.05, 0.1) is 24.0 Å². The van der Waals surface area contributed by atoms with E-state index in [2.05, 4.69) is 66.0 Å². The van der Waals surface area contributed by atoms with E-state index in [1.807, 2.05) is 29.0 Å². The Balaban J connectivity index is 1.62. The Bertz CT molecular complexity index is 977. The van der Waals surface area contributed by atoms with Crippen molar-refractivity contribution >= 4 is 27.5 Å². The van der Waals surface area contributed by atoms with Crippen molar-refractivity contribution in [2.45, 2.75) is 38.8 Å². The summed E-state index contributed by atoms with van der Waals surface area (Å²) in [5.74, 6) is 2.42. The number of alkyl halides is 1.